The third-order valence-electron chi connectivity index (χ3n) is 1.96. The first-order valence-electron chi connectivity index (χ1n) is 4.85. The van der Waals surface area contributed by atoms with E-state index in [2.05, 4.69) is 25.8 Å². The Bertz CT molecular complexity index is 567. The molecule has 0 spiro atoms. The Hall–Kier alpha value is -2.84. The Kier molecular flexibility index (Phi) is 3.23. The maximum Gasteiger partial charge on any atom is 0.354 e. The highest BCUT2D eigenvalue weighted by molar-refractivity contribution is 5.92. The van der Waals surface area contributed by atoms with Crippen LogP contribution >= 0.6 is 0 Å². The van der Waals surface area contributed by atoms with E-state index >= 15 is 0 Å². The number of tetrazole rings is 1. The van der Waals surface area contributed by atoms with Gasteiger partial charge in [0.05, 0.1) is 0 Å². The van der Waals surface area contributed by atoms with Crippen LogP contribution in [0.3, 0.4) is 0 Å². The zero-order chi connectivity index (χ0) is 13.0. The van der Waals surface area contributed by atoms with Crippen LogP contribution in [0.4, 0.5) is 5.69 Å². The first-order chi connectivity index (χ1) is 8.65. The Labute approximate surface area is 100 Å². The van der Waals surface area contributed by atoms with Crippen molar-refractivity contribution in [3.05, 3.63) is 30.4 Å². The molecule has 2 rings (SSSR count). The molecule has 0 saturated carbocycles. The maximum atomic E-state index is 11.6. The molecule has 2 aromatic heterocycles. The summed E-state index contributed by atoms with van der Waals surface area (Å²) in [5, 5.41) is 21.6. The van der Waals surface area contributed by atoms with Crippen molar-refractivity contribution in [2.45, 2.75) is 6.54 Å². The molecule has 0 aliphatic heterocycles. The number of carboxylic acids is 1. The van der Waals surface area contributed by atoms with Crippen molar-refractivity contribution in [2.75, 3.05) is 5.32 Å². The second-order valence-corrected chi connectivity index (χ2v) is 3.29. The van der Waals surface area contributed by atoms with Gasteiger partial charge in [-0.05, 0) is 22.6 Å². The Morgan fingerprint density at radius 1 is 1.44 bits per heavy atom. The standard InChI is InChI=1S/C9H8N6O3/c16-8(4-15-5-11-13-14-15)12-6-1-2-10-7(3-6)9(17)18/h1-3,5H,4H2,(H,17,18)(H,10,12,16). The van der Waals surface area contributed by atoms with Gasteiger partial charge in [-0.2, -0.15) is 0 Å². The van der Waals surface area contributed by atoms with E-state index in [1.54, 1.807) is 0 Å². The molecule has 0 aromatic carbocycles. The highest BCUT2D eigenvalue weighted by atomic mass is 16.4. The van der Waals surface area contributed by atoms with E-state index in [9.17, 15) is 9.59 Å². The summed E-state index contributed by atoms with van der Waals surface area (Å²) in [6, 6.07) is 2.75. The summed E-state index contributed by atoms with van der Waals surface area (Å²) in [5.74, 6) is -1.53. The number of nitrogens with one attached hydrogen (secondary N) is 1. The molecule has 18 heavy (non-hydrogen) atoms. The number of aromatic nitrogens is 5. The first-order valence-corrected chi connectivity index (χ1v) is 4.85. The monoisotopic (exact) mass is 248 g/mol. The van der Waals surface area contributed by atoms with Gasteiger partial charge in [-0.1, -0.05) is 0 Å². The molecule has 2 aromatic rings. The first kappa shape index (κ1) is 11.6. The van der Waals surface area contributed by atoms with Crippen molar-refractivity contribution in [1.29, 1.82) is 0 Å². The number of hydrogen-bond donors (Lipinski definition) is 2. The van der Waals surface area contributed by atoms with E-state index in [1.165, 1.54) is 29.3 Å². The van der Waals surface area contributed by atoms with Gasteiger partial charge in [0, 0.05) is 11.9 Å². The molecule has 0 radical (unpaired) electrons. The molecule has 9 nitrogen and oxygen atoms in total. The highest BCUT2D eigenvalue weighted by Gasteiger charge is 2.08. The van der Waals surface area contributed by atoms with Crippen molar-refractivity contribution in [2.24, 2.45) is 0 Å². The fourth-order valence-corrected chi connectivity index (χ4v) is 1.23. The number of nitrogens with zero attached hydrogens (tertiary/aromatic N) is 5. The number of hydrogen-bond acceptors (Lipinski definition) is 6. The Balaban J connectivity index is 2.03. The van der Waals surface area contributed by atoms with E-state index in [-0.39, 0.29) is 18.1 Å². The van der Waals surface area contributed by atoms with Crippen LogP contribution in [-0.2, 0) is 11.3 Å². The Morgan fingerprint density at radius 3 is 2.94 bits per heavy atom. The molecular weight excluding hydrogens is 240 g/mol. The lowest BCUT2D eigenvalue weighted by Gasteiger charge is -2.04. The lowest BCUT2D eigenvalue weighted by molar-refractivity contribution is -0.116. The second kappa shape index (κ2) is 4.99. The van der Waals surface area contributed by atoms with Crippen LogP contribution in [0.5, 0.6) is 0 Å². The highest BCUT2D eigenvalue weighted by Crippen LogP contribution is 2.07. The van der Waals surface area contributed by atoms with Crippen molar-refractivity contribution in [3.8, 4) is 0 Å². The summed E-state index contributed by atoms with van der Waals surface area (Å²) in [5.41, 5.74) is 0.204. The average Bonchev–Trinajstić information content (AvgIpc) is 2.82. The maximum absolute atomic E-state index is 11.6. The Morgan fingerprint density at radius 2 is 2.28 bits per heavy atom. The van der Waals surface area contributed by atoms with E-state index in [0.29, 0.717) is 5.69 Å². The normalized spacial score (nSPS) is 10.0. The fourth-order valence-electron chi connectivity index (χ4n) is 1.23. The minimum atomic E-state index is -1.16. The zero-order valence-corrected chi connectivity index (χ0v) is 9.02. The van der Waals surface area contributed by atoms with E-state index in [0.717, 1.165) is 0 Å². The molecule has 9 heteroatoms. The van der Waals surface area contributed by atoms with Gasteiger partial charge in [0.15, 0.2) is 0 Å². The molecule has 0 bridgehead atoms. The molecular formula is C9H8N6O3. The van der Waals surface area contributed by atoms with E-state index in [4.69, 9.17) is 5.11 Å². The summed E-state index contributed by atoms with van der Waals surface area (Å²) in [4.78, 5) is 25.9. The van der Waals surface area contributed by atoms with Gasteiger partial charge in [0.2, 0.25) is 5.91 Å². The zero-order valence-electron chi connectivity index (χ0n) is 9.02. The summed E-state index contributed by atoms with van der Waals surface area (Å²) < 4.78 is 1.24. The summed E-state index contributed by atoms with van der Waals surface area (Å²) in [6.45, 7) is -0.0578. The van der Waals surface area contributed by atoms with Gasteiger partial charge in [0.25, 0.3) is 0 Å². The minimum absolute atomic E-state index is 0.0578. The lowest BCUT2D eigenvalue weighted by Crippen LogP contribution is -2.19. The predicted octanol–water partition coefficient (Wildman–Crippen LogP) is -0.595. The van der Waals surface area contributed by atoms with Gasteiger partial charge >= 0.3 is 5.97 Å². The molecule has 0 saturated heterocycles. The molecule has 0 atom stereocenters. The molecule has 0 aliphatic carbocycles. The summed E-state index contributed by atoms with van der Waals surface area (Å²) in [7, 11) is 0. The molecule has 0 unspecified atom stereocenters. The van der Waals surface area contributed by atoms with Gasteiger partial charge < -0.3 is 10.4 Å². The minimum Gasteiger partial charge on any atom is -0.477 e. The number of pyridine rings is 1. The lowest BCUT2D eigenvalue weighted by atomic mass is 10.3. The second-order valence-electron chi connectivity index (χ2n) is 3.29. The van der Waals surface area contributed by atoms with E-state index < -0.39 is 5.97 Å². The predicted molar refractivity (Wildman–Crippen MR) is 57.6 cm³/mol. The summed E-state index contributed by atoms with van der Waals surface area (Å²) in [6.07, 6.45) is 2.60. The van der Waals surface area contributed by atoms with Gasteiger partial charge in [-0.25, -0.2) is 14.5 Å². The number of carbonyl (C=O) groups excluding carboxylic acids is 1. The molecule has 2 N–H and O–H groups in total. The fraction of sp³-hybridized carbons (Fsp3) is 0.111. The molecule has 92 valence electrons. The van der Waals surface area contributed by atoms with E-state index in [1.807, 2.05) is 0 Å². The van der Waals surface area contributed by atoms with Gasteiger partial charge in [-0.15, -0.1) is 5.10 Å². The van der Waals surface area contributed by atoms with Crippen LogP contribution in [0.2, 0.25) is 0 Å². The number of aromatic carboxylic acids is 1. The topological polar surface area (TPSA) is 123 Å². The third-order valence-corrected chi connectivity index (χ3v) is 1.96. The van der Waals surface area contributed by atoms with Crippen LogP contribution in [-0.4, -0.2) is 42.2 Å². The van der Waals surface area contributed by atoms with Gasteiger partial charge in [-0.3, -0.25) is 4.79 Å². The van der Waals surface area contributed by atoms with Crippen molar-refractivity contribution < 1.29 is 14.7 Å². The van der Waals surface area contributed by atoms with Crippen molar-refractivity contribution >= 4 is 17.6 Å². The molecule has 0 aliphatic rings. The van der Waals surface area contributed by atoms with Crippen molar-refractivity contribution in [3.63, 3.8) is 0 Å². The number of anilines is 1. The largest absolute Gasteiger partial charge is 0.477 e. The third kappa shape index (κ3) is 2.84. The smallest absolute Gasteiger partial charge is 0.354 e. The van der Waals surface area contributed by atoms with Crippen molar-refractivity contribution in [1.82, 2.24) is 25.2 Å². The SMILES string of the molecule is O=C(Cn1cnnn1)Nc1ccnc(C(=O)O)c1. The van der Waals surface area contributed by atoms with Crippen LogP contribution < -0.4 is 5.32 Å². The quantitative estimate of drug-likeness (QED) is 0.740. The van der Waals surface area contributed by atoms with Crippen LogP contribution in [0.1, 0.15) is 10.5 Å². The average molecular weight is 248 g/mol. The van der Waals surface area contributed by atoms with Crippen LogP contribution in [0.25, 0.3) is 0 Å². The summed E-state index contributed by atoms with van der Waals surface area (Å²) >= 11 is 0. The molecule has 1 amide bonds. The molecule has 0 fully saturated rings. The number of carbonyl (C=O) groups is 2. The molecule has 2 heterocycles. The number of carboxylic acid groups (broad SMARTS) is 1. The number of rotatable bonds is 4. The van der Waals surface area contributed by atoms with Crippen LogP contribution in [0.15, 0.2) is 24.7 Å². The van der Waals surface area contributed by atoms with Gasteiger partial charge in [0.1, 0.15) is 18.6 Å². The number of amides is 1. The van der Waals surface area contributed by atoms with Crippen LogP contribution in [0, 0.1) is 0 Å².